The van der Waals surface area contributed by atoms with E-state index in [1.54, 1.807) is 29.2 Å². The van der Waals surface area contributed by atoms with E-state index in [9.17, 15) is 9.59 Å². The van der Waals surface area contributed by atoms with Crippen molar-refractivity contribution in [1.29, 1.82) is 0 Å². The van der Waals surface area contributed by atoms with Crippen molar-refractivity contribution >= 4 is 11.9 Å². The second kappa shape index (κ2) is 5.57. The molecule has 1 fully saturated rings. The Balaban J connectivity index is 2.13. The average Bonchev–Trinajstić information content (AvgIpc) is 2.85. The molecule has 1 aliphatic heterocycles. The van der Waals surface area contributed by atoms with Crippen LogP contribution in [0.4, 0.5) is 0 Å². The lowest BCUT2D eigenvalue weighted by molar-refractivity contribution is -0.137. The van der Waals surface area contributed by atoms with Crippen LogP contribution >= 0.6 is 0 Å². The van der Waals surface area contributed by atoms with Crippen LogP contribution in [0, 0.1) is 12.3 Å². The number of likely N-dealkylation sites (tertiary alicyclic amines) is 1. The van der Waals surface area contributed by atoms with Crippen LogP contribution in [-0.2, 0) is 4.79 Å². The zero-order chi connectivity index (χ0) is 13.8. The lowest BCUT2D eigenvalue weighted by Gasteiger charge is -2.23. The Labute approximate surface area is 112 Å². The molecule has 1 atom stereocenters. The van der Waals surface area contributed by atoms with Gasteiger partial charge in [0.2, 0.25) is 0 Å². The first kappa shape index (κ1) is 13.2. The molecule has 0 radical (unpaired) electrons. The zero-order valence-corrected chi connectivity index (χ0v) is 10.5. The van der Waals surface area contributed by atoms with E-state index in [-0.39, 0.29) is 18.4 Å². The summed E-state index contributed by atoms with van der Waals surface area (Å²) in [5, 5.41) is 8.85. The summed E-state index contributed by atoms with van der Waals surface area (Å²) in [4.78, 5) is 24.8. The molecule has 1 saturated heterocycles. The van der Waals surface area contributed by atoms with Crippen LogP contribution in [0.5, 0.6) is 0 Å². The number of carbonyl (C=O) groups is 2. The molecule has 4 heteroatoms. The Hall–Kier alpha value is -2.28. The van der Waals surface area contributed by atoms with Crippen LogP contribution in [0.2, 0.25) is 0 Å². The Kier molecular flexibility index (Phi) is 3.86. The van der Waals surface area contributed by atoms with Gasteiger partial charge in [-0.3, -0.25) is 9.59 Å². The second-order valence-corrected chi connectivity index (χ2v) is 4.61. The number of carbonyl (C=O) groups excluding carboxylic acids is 1. The molecule has 0 saturated carbocycles. The van der Waals surface area contributed by atoms with Gasteiger partial charge in [-0.1, -0.05) is 5.92 Å². The van der Waals surface area contributed by atoms with Crippen molar-refractivity contribution in [3.05, 3.63) is 35.4 Å². The molecule has 1 amide bonds. The minimum absolute atomic E-state index is 0.00811. The fourth-order valence-electron chi connectivity index (χ4n) is 2.39. The fraction of sp³-hybridized carbons (Fsp3) is 0.333. The Morgan fingerprint density at radius 1 is 1.37 bits per heavy atom. The quantitative estimate of drug-likeness (QED) is 0.839. The van der Waals surface area contributed by atoms with Crippen LogP contribution in [0.15, 0.2) is 24.3 Å². The average molecular weight is 257 g/mol. The number of amides is 1. The van der Waals surface area contributed by atoms with Crippen molar-refractivity contribution in [2.75, 3.05) is 6.54 Å². The predicted octanol–water partition coefficient (Wildman–Crippen LogP) is 1.75. The Morgan fingerprint density at radius 3 is 2.63 bits per heavy atom. The number of benzene rings is 1. The molecule has 0 bridgehead atoms. The third-order valence-electron chi connectivity index (χ3n) is 3.35. The molecule has 0 aliphatic carbocycles. The highest BCUT2D eigenvalue weighted by atomic mass is 16.4. The molecular weight excluding hydrogens is 242 g/mol. The zero-order valence-electron chi connectivity index (χ0n) is 10.5. The van der Waals surface area contributed by atoms with E-state index in [0.717, 1.165) is 18.4 Å². The maximum Gasteiger partial charge on any atom is 0.305 e. The molecule has 1 aromatic rings. The van der Waals surface area contributed by atoms with Gasteiger partial charge < -0.3 is 10.0 Å². The summed E-state index contributed by atoms with van der Waals surface area (Å²) in [6, 6.07) is 6.61. The number of aliphatic carboxylic acids is 1. The smallest absolute Gasteiger partial charge is 0.305 e. The van der Waals surface area contributed by atoms with Crippen LogP contribution in [0.1, 0.15) is 35.2 Å². The van der Waals surface area contributed by atoms with Gasteiger partial charge in [-0.05, 0) is 37.1 Å². The molecule has 2 rings (SSSR count). The van der Waals surface area contributed by atoms with E-state index < -0.39 is 5.97 Å². The molecule has 1 aromatic carbocycles. The van der Waals surface area contributed by atoms with Crippen molar-refractivity contribution in [1.82, 2.24) is 4.90 Å². The SMILES string of the molecule is C#Cc1ccc(C(=O)N2CCCC2CC(=O)O)cc1. The molecule has 1 N–H and O–H groups in total. The van der Waals surface area contributed by atoms with Gasteiger partial charge in [0.05, 0.1) is 6.42 Å². The monoisotopic (exact) mass is 257 g/mol. The van der Waals surface area contributed by atoms with Gasteiger partial charge in [0.1, 0.15) is 0 Å². The van der Waals surface area contributed by atoms with Gasteiger partial charge in [0.15, 0.2) is 0 Å². The first-order valence-electron chi connectivity index (χ1n) is 6.21. The van der Waals surface area contributed by atoms with Crippen LogP contribution < -0.4 is 0 Å². The lowest BCUT2D eigenvalue weighted by Crippen LogP contribution is -2.36. The molecule has 0 aromatic heterocycles. The number of hydrogen-bond acceptors (Lipinski definition) is 2. The molecule has 19 heavy (non-hydrogen) atoms. The van der Waals surface area contributed by atoms with Gasteiger partial charge in [0, 0.05) is 23.7 Å². The fourth-order valence-corrected chi connectivity index (χ4v) is 2.39. The van der Waals surface area contributed by atoms with Crippen LogP contribution in [0.25, 0.3) is 0 Å². The van der Waals surface area contributed by atoms with E-state index in [2.05, 4.69) is 5.92 Å². The van der Waals surface area contributed by atoms with E-state index in [0.29, 0.717) is 12.1 Å². The normalized spacial score (nSPS) is 18.1. The minimum atomic E-state index is -0.868. The molecule has 1 unspecified atom stereocenters. The number of carboxylic acids is 1. The molecule has 1 heterocycles. The van der Waals surface area contributed by atoms with Crippen molar-refractivity contribution < 1.29 is 14.7 Å². The molecule has 1 aliphatic rings. The molecular formula is C15H15NO3. The summed E-state index contributed by atoms with van der Waals surface area (Å²) < 4.78 is 0. The highest BCUT2D eigenvalue weighted by molar-refractivity contribution is 5.95. The topological polar surface area (TPSA) is 57.6 Å². The first-order chi connectivity index (χ1) is 9.11. The summed E-state index contributed by atoms with van der Waals surface area (Å²) in [5.41, 5.74) is 1.27. The molecule has 98 valence electrons. The summed E-state index contributed by atoms with van der Waals surface area (Å²) >= 11 is 0. The first-order valence-corrected chi connectivity index (χ1v) is 6.21. The van der Waals surface area contributed by atoms with Gasteiger partial charge in [-0.15, -0.1) is 6.42 Å². The third-order valence-corrected chi connectivity index (χ3v) is 3.35. The predicted molar refractivity (Wildman–Crippen MR) is 70.7 cm³/mol. The summed E-state index contributed by atoms with van der Waals surface area (Å²) in [6.45, 7) is 0.619. The second-order valence-electron chi connectivity index (χ2n) is 4.61. The summed E-state index contributed by atoms with van der Waals surface area (Å²) in [7, 11) is 0. The summed E-state index contributed by atoms with van der Waals surface area (Å²) in [5.74, 6) is 1.51. The molecule has 4 nitrogen and oxygen atoms in total. The van der Waals surface area contributed by atoms with Crippen molar-refractivity contribution in [3.63, 3.8) is 0 Å². The highest BCUT2D eigenvalue weighted by Gasteiger charge is 2.30. The largest absolute Gasteiger partial charge is 0.481 e. The number of hydrogen-bond donors (Lipinski definition) is 1. The highest BCUT2D eigenvalue weighted by Crippen LogP contribution is 2.22. The van der Waals surface area contributed by atoms with Gasteiger partial charge >= 0.3 is 5.97 Å². The van der Waals surface area contributed by atoms with E-state index in [1.807, 2.05) is 0 Å². The number of nitrogens with zero attached hydrogens (tertiary/aromatic N) is 1. The van der Waals surface area contributed by atoms with Crippen molar-refractivity contribution in [2.45, 2.75) is 25.3 Å². The van der Waals surface area contributed by atoms with Gasteiger partial charge in [-0.25, -0.2) is 0 Å². The summed E-state index contributed by atoms with van der Waals surface area (Å²) in [6.07, 6.45) is 6.88. The molecule has 0 spiro atoms. The lowest BCUT2D eigenvalue weighted by atomic mass is 10.1. The number of carboxylic acid groups (broad SMARTS) is 1. The maximum atomic E-state index is 12.3. The van der Waals surface area contributed by atoms with Gasteiger partial charge in [-0.2, -0.15) is 0 Å². The van der Waals surface area contributed by atoms with Crippen LogP contribution in [0.3, 0.4) is 0 Å². The maximum absolute atomic E-state index is 12.3. The van der Waals surface area contributed by atoms with E-state index >= 15 is 0 Å². The Morgan fingerprint density at radius 2 is 2.05 bits per heavy atom. The van der Waals surface area contributed by atoms with Gasteiger partial charge in [0.25, 0.3) is 5.91 Å². The van der Waals surface area contributed by atoms with Crippen molar-refractivity contribution in [2.24, 2.45) is 0 Å². The minimum Gasteiger partial charge on any atom is -0.481 e. The standard InChI is InChI=1S/C15H15NO3/c1-2-11-5-7-12(8-6-11)15(19)16-9-3-4-13(16)10-14(17)18/h1,5-8,13H,3-4,9-10H2,(H,17,18). The van der Waals surface area contributed by atoms with Crippen molar-refractivity contribution in [3.8, 4) is 12.3 Å². The Bertz CT molecular complexity index is 527. The van der Waals surface area contributed by atoms with E-state index in [1.165, 1.54) is 0 Å². The van der Waals surface area contributed by atoms with E-state index in [4.69, 9.17) is 11.5 Å². The number of terminal acetylenes is 1. The van der Waals surface area contributed by atoms with Crippen LogP contribution in [-0.4, -0.2) is 34.5 Å². The third kappa shape index (κ3) is 2.94. The number of rotatable bonds is 3.